The summed E-state index contributed by atoms with van der Waals surface area (Å²) in [5.41, 5.74) is 1.66. The van der Waals surface area contributed by atoms with Gasteiger partial charge in [0.2, 0.25) is 0 Å². The summed E-state index contributed by atoms with van der Waals surface area (Å²) >= 11 is 6.28. The largest absolute Gasteiger partial charge is 0.447 e. The van der Waals surface area contributed by atoms with Crippen LogP contribution in [0.25, 0.3) is 0 Å². The Hall–Kier alpha value is -1.37. The van der Waals surface area contributed by atoms with Crippen LogP contribution in [0.3, 0.4) is 0 Å². The van der Waals surface area contributed by atoms with E-state index < -0.39 is 0 Å². The number of rotatable bonds is 6. The molecule has 1 unspecified atom stereocenters. The molecule has 1 aromatic rings. The van der Waals surface area contributed by atoms with Crippen molar-refractivity contribution in [2.75, 3.05) is 13.7 Å². The van der Waals surface area contributed by atoms with E-state index >= 15 is 0 Å². The SMILES string of the molecule is CC(C)OC(=O)N(C)Cc1cncc(Cl)c1COC1CCCCO1. The molecule has 0 radical (unpaired) electrons. The summed E-state index contributed by atoms with van der Waals surface area (Å²) in [7, 11) is 1.68. The van der Waals surface area contributed by atoms with Gasteiger partial charge in [0.25, 0.3) is 0 Å². The molecule has 0 saturated carbocycles. The smallest absolute Gasteiger partial charge is 0.410 e. The van der Waals surface area contributed by atoms with E-state index in [-0.39, 0.29) is 18.5 Å². The third-order valence-corrected chi connectivity index (χ3v) is 4.03. The highest BCUT2D eigenvalue weighted by atomic mass is 35.5. The lowest BCUT2D eigenvalue weighted by Crippen LogP contribution is -2.29. The molecule has 0 aliphatic carbocycles. The monoisotopic (exact) mass is 356 g/mol. The Kier molecular flexibility index (Phi) is 7.27. The van der Waals surface area contributed by atoms with Crippen LogP contribution in [0.1, 0.15) is 44.2 Å². The molecule has 2 heterocycles. The van der Waals surface area contributed by atoms with Crippen LogP contribution < -0.4 is 0 Å². The van der Waals surface area contributed by atoms with Crippen LogP contribution in [0, 0.1) is 0 Å². The first-order valence-electron chi connectivity index (χ1n) is 8.23. The average molecular weight is 357 g/mol. The zero-order valence-electron chi connectivity index (χ0n) is 14.5. The van der Waals surface area contributed by atoms with Crippen molar-refractivity contribution < 1.29 is 19.0 Å². The molecule has 24 heavy (non-hydrogen) atoms. The van der Waals surface area contributed by atoms with Gasteiger partial charge in [-0.25, -0.2) is 4.79 Å². The lowest BCUT2D eigenvalue weighted by atomic mass is 10.1. The molecule has 134 valence electrons. The highest BCUT2D eigenvalue weighted by molar-refractivity contribution is 6.31. The zero-order chi connectivity index (χ0) is 17.5. The van der Waals surface area contributed by atoms with Crippen molar-refractivity contribution >= 4 is 17.7 Å². The first-order chi connectivity index (χ1) is 11.5. The zero-order valence-corrected chi connectivity index (χ0v) is 15.2. The van der Waals surface area contributed by atoms with Gasteiger partial charge in [-0.3, -0.25) is 4.98 Å². The van der Waals surface area contributed by atoms with E-state index in [0.29, 0.717) is 18.2 Å². The highest BCUT2D eigenvalue weighted by Crippen LogP contribution is 2.23. The number of halogens is 1. The van der Waals surface area contributed by atoms with Crippen LogP contribution in [0.15, 0.2) is 12.4 Å². The van der Waals surface area contributed by atoms with Crippen molar-refractivity contribution in [2.24, 2.45) is 0 Å². The van der Waals surface area contributed by atoms with Gasteiger partial charge >= 0.3 is 6.09 Å². The molecule has 2 rings (SSSR count). The van der Waals surface area contributed by atoms with Crippen molar-refractivity contribution in [3.63, 3.8) is 0 Å². The van der Waals surface area contributed by atoms with E-state index in [1.54, 1.807) is 19.4 Å². The first-order valence-corrected chi connectivity index (χ1v) is 8.61. The van der Waals surface area contributed by atoms with Gasteiger partial charge in [0.1, 0.15) is 0 Å². The fraction of sp³-hybridized carbons (Fsp3) is 0.647. The molecule has 0 spiro atoms. The van der Waals surface area contributed by atoms with Crippen molar-refractivity contribution in [1.82, 2.24) is 9.88 Å². The molecule has 1 aromatic heterocycles. The van der Waals surface area contributed by atoms with Crippen LogP contribution in [-0.2, 0) is 27.4 Å². The predicted molar refractivity (Wildman–Crippen MR) is 90.7 cm³/mol. The fourth-order valence-electron chi connectivity index (χ4n) is 2.43. The number of aromatic nitrogens is 1. The Morgan fingerprint density at radius 1 is 1.46 bits per heavy atom. The number of carbonyl (C=O) groups excluding carboxylic acids is 1. The topological polar surface area (TPSA) is 60.9 Å². The molecule has 0 aromatic carbocycles. The number of carbonyl (C=O) groups is 1. The van der Waals surface area contributed by atoms with Crippen LogP contribution in [0.4, 0.5) is 4.79 Å². The second-order valence-corrected chi connectivity index (χ2v) is 6.56. The van der Waals surface area contributed by atoms with Crippen LogP contribution in [-0.4, -0.2) is 42.0 Å². The summed E-state index contributed by atoms with van der Waals surface area (Å²) in [6.07, 6.45) is 5.60. The van der Waals surface area contributed by atoms with Gasteiger partial charge < -0.3 is 19.1 Å². The molecule has 1 fully saturated rings. The molecule has 7 heteroatoms. The maximum atomic E-state index is 12.0. The Labute approximate surface area is 148 Å². The minimum atomic E-state index is -0.382. The van der Waals surface area contributed by atoms with E-state index in [1.165, 1.54) is 4.90 Å². The van der Waals surface area contributed by atoms with Gasteiger partial charge in [-0.2, -0.15) is 0 Å². The standard InChI is InChI=1S/C17H25ClN2O4/c1-12(2)24-17(21)20(3)10-13-8-19-9-15(18)14(13)11-23-16-6-4-5-7-22-16/h8-9,12,16H,4-7,10-11H2,1-3H3. The summed E-state index contributed by atoms with van der Waals surface area (Å²) < 4.78 is 16.6. The number of hydrogen-bond donors (Lipinski definition) is 0. The quantitative estimate of drug-likeness (QED) is 0.776. The Balaban J connectivity index is 2.01. The molecule has 1 amide bonds. The van der Waals surface area contributed by atoms with E-state index in [0.717, 1.165) is 37.0 Å². The first kappa shape index (κ1) is 19.0. The van der Waals surface area contributed by atoms with Gasteiger partial charge in [-0.15, -0.1) is 0 Å². The molecule has 1 aliphatic heterocycles. The molecule has 1 aliphatic rings. The highest BCUT2D eigenvalue weighted by Gasteiger charge is 2.19. The maximum Gasteiger partial charge on any atom is 0.410 e. The van der Waals surface area contributed by atoms with Gasteiger partial charge in [-0.05, 0) is 38.7 Å². The molecule has 1 saturated heterocycles. The number of ether oxygens (including phenoxy) is 3. The number of nitrogens with zero attached hydrogens (tertiary/aromatic N) is 2. The third kappa shape index (κ3) is 5.61. The van der Waals surface area contributed by atoms with Gasteiger partial charge in [0.15, 0.2) is 6.29 Å². The van der Waals surface area contributed by atoms with Crippen molar-refractivity contribution in [3.8, 4) is 0 Å². The molecule has 6 nitrogen and oxygen atoms in total. The van der Waals surface area contributed by atoms with Crippen molar-refractivity contribution in [1.29, 1.82) is 0 Å². The van der Waals surface area contributed by atoms with E-state index in [4.69, 9.17) is 25.8 Å². The number of amides is 1. The van der Waals surface area contributed by atoms with Gasteiger partial charge in [0, 0.05) is 31.6 Å². The molecule has 0 bridgehead atoms. The fourth-order valence-corrected chi connectivity index (χ4v) is 2.66. The van der Waals surface area contributed by atoms with Crippen LogP contribution >= 0.6 is 11.6 Å². The lowest BCUT2D eigenvalue weighted by molar-refractivity contribution is -0.169. The number of hydrogen-bond acceptors (Lipinski definition) is 5. The summed E-state index contributed by atoms with van der Waals surface area (Å²) in [6.45, 7) is 5.04. The van der Waals surface area contributed by atoms with Gasteiger partial charge in [0.05, 0.1) is 24.3 Å². The lowest BCUT2D eigenvalue weighted by Gasteiger charge is -2.24. The molecule has 1 atom stereocenters. The third-order valence-electron chi connectivity index (χ3n) is 3.70. The Bertz CT molecular complexity index is 547. The summed E-state index contributed by atoms with van der Waals surface area (Å²) in [5.74, 6) is 0. The minimum Gasteiger partial charge on any atom is -0.447 e. The minimum absolute atomic E-state index is 0.163. The summed E-state index contributed by atoms with van der Waals surface area (Å²) in [6, 6.07) is 0. The normalized spacial score (nSPS) is 17.8. The molecule has 0 N–H and O–H groups in total. The molecular formula is C17H25ClN2O4. The van der Waals surface area contributed by atoms with Crippen LogP contribution in [0.2, 0.25) is 5.02 Å². The van der Waals surface area contributed by atoms with E-state index in [9.17, 15) is 4.79 Å². The predicted octanol–water partition coefficient (Wildman–Crippen LogP) is 3.76. The Morgan fingerprint density at radius 3 is 2.92 bits per heavy atom. The average Bonchev–Trinajstić information content (AvgIpc) is 2.54. The molecular weight excluding hydrogens is 332 g/mol. The van der Waals surface area contributed by atoms with E-state index in [2.05, 4.69) is 4.98 Å². The second-order valence-electron chi connectivity index (χ2n) is 6.15. The number of pyridine rings is 1. The second kappa shape index (κ2) is 9.20. The summed E-state index contributed by atoms with van der Waals surface area (Å²) in [4.78, 5) is 17.6. The Morgan fingerprint density at radius 2 is 2.25 bits per heavy atom. The maximum absolute atomic E-state index is 12.0. The van der Waals surface area contributed by atoms with Gasteiger partial charge in [-0.1, -0.05) is 11.6 Å². The van der Waals surface area contributed by atoms with Crippen molar-refractivity contribution in [2.45, 2.75) is 58.7 Å². The van der Waals surface area contributed by atoms with E-state index in [1.807, 2.05) is 13.8 Å². The van der Waals surface area contributed by atoms with Crippen molar-refractivity contribution in [3.05, 3.63) is 28.5 Å². The van der Waals surface area contributed by atoms with Crippen LogP contribution in [0.5, 0.6) is 0 Å². The summed E-state index contributed by atoms with van der Waals surface area (Å²) in [5, 5.41) is 0.522.